The van der Waals surface area contributed by atoms with Gasteiger partial charge in [-0.05, 0) is 13.8 Å². The number of rotatable bonds is 5. The van der Waals surface area contributed by atoms with Crippen molar-refractivity contribution in [1.82, 2.24) is 0 Å². The first-order chi connectivity index (χ1) is 7.84. The van der Waals surface area contributed by atoms with Crippen molar-refractivity contribution in [3.05, 3.63) is 24.8 Å². The molecule has 0 rings (SSSR count). The zero-order valence-corrected chi connectivity index (χ0v) is 9.80. The van der Waals surface area contributed by atoms with Gasteiger partial charge in [-0.3, -0.25) is 0 Å². The predicted molar refractivity (Wildman–Crippen MR) is 61.2 cm³/mol. The van der Waals surface area contributed by atoms with Crippen molar-refractivity contribution in [1.29, 1.82) is 0 Å². The molecular formula is C11H15NO5. The van der Waals surface area contributed by atoms with Gasteiger partial charge in [-0.2, -0.15) is 0 Å². The number of carbonyl (C=O) groups is 2. The van der Waals surface area contributed by atoms with E-state index in [-0.39, 0.29) is 12.1 Å². The maximum atomic E-state index is 10.5. The molecule has 0 spiro atoms. The number of hydrogen-bond donors (Lipinski definition) is 1. The van der Waals surface area contributed by atoms with Crippen molar-refractivity contribution in [2.45, 2.75) is 20.0 Å². The van der Waals surface area contributed by atoms with E-state index in [9.17, 15) is 14.4 Å². The van der Waals surface area contributed by atoms with Crippen LogP contribution in [0.15, 0.2) is 29.8 Å². The second-order valence-electron chi connectivity index (χ2n) is 2.97. The summed E-state index contributed by atoms with van der Waals surface area (Å²) in [6.45, 7) is 9.58. The van der Waals surface area contributed by atoms with E-state index in [1.54, 1.807) is 6.92 Å². The molecular weight excluding hydrogens is 226 g/mol. The molecule has 0 aromatic heterocycles. The quantitative estimate of drug-likeness (QED) is 0.336. The van der Waals surface area contributed by atoms with E-state index in [1.165, 1.54) is 13.0 Å². The lowest BCUT2D eigenvalue weighted by Gasteiger charge is -2.06. The summed E-state index contributed by atoms with van der Waals surface area (Å²) in [5, 5.41) is 7.89. The molecule has 0 saturated carbocycles. The molecule has 0 fully saturated rings. The van der Waals surface area contributed by atoms with Gasteiger partial charge < -0.3 is 9.84 Å². The predicted octanol–water partition coefficient (Wildman–Crippen LogP) is 1.09. The Morgan fingerprint density at radius 1 is 1.59 bits per heavy atom. The molecule has 0 heterocycles. The highest BCUT2D eigenvalue weighted by atomic mass is 16.5. The first-order valence-corrected chi connectivity index (χ1v) is 4.60. The van der Waals surface area contributed by atoms with Gasteiger partial charge in [0.2, 0.25) is 6.08 Å². The molecule has 94 valence electrons. The van der Waals surface area contributed by atoms with E-state index < -0.39 is 18.0 Å². The van der Waals surface area contributed by atoms with Crippen molar-refractivity contribution < 1.29 is 24.2 Å². The molecule has 17 heavy (non-hydrogen) atoms. The van der Waals surface area contributed by atoms with Crippen LogP contribution in [0.3, 0.4) is 0 Å². The fourth-order valence-electron chi connectivity index (χ4n) is 0.449. The van der Waals surface area contributed by atoms with Gasteiger partial charge >= 0.3 is 11.9 Å². The molecule has 1 N–H and O–H groups in total. The largest absolute Gasteiger partial charge is 0.478 e. The average molecular weight is 241 g/mol. The normalized spacial score (nSPS) is 9.76. The number of hydrogen-bond acceptors (Lipinski definition) is 5. The Hall–Kier alpha value is -2.20. The average Bonchev–Trinajstić information content (AvgIpc) is 2.26. The monoisotopic (exact) mass is 241 g/mol. The summed E-state index contributed by atoms with van der Waals surface area (Å²) in [6.07, 6.45) is 2.00. The van der Waals surface area contributed by atoms with Gasteiger partial charge in [0, 0.05) is 11.6 Å². The van der Waals surface area contributed by atoms with E-state index in [1.807, 2.05) is 0 Å². The first kappa shape index (κ1) is 17.2. The third-order valence-corrected chi connectivity index (χ3v) is 1.26. The second-order valence-corrected chi connectivity index (χ2v) is 2.97. The van der Waals surface area contributed by atoms with Crippen LogP contribution >= 0.6 is 0 Å². The number of aliphatic carboxylic acids is 1. The van der Waals surface area contributed by atoms with Crippen LogP contribution in [0.5, 0.6) is 0 Å². The number of isocyanates is 1. The van der Waals surface area contributed by atoms with Crippen LogP contribution in [-0.4, -0.2) is 35.8 Å². The number of carbonyl (C=O) groups excluding carboxylic acids is 2. The van der Waals surface area contributed by atoms with Gasteiger partial charge in [-0.1, -0.05) is 13.2 Å². The summed E-state index contributed by atoms with van der Waals surface area (Å²) in [4.78, 5) is 33.0. The minimum atomic E-state index is -0.935. The highest BCUT2D eigenvalue weighted by molar-refractivity contribution is 5.84. The minimum absolute atomic E-state index is 0.142. The number of carboxylic acids is 1. The number of ether oxygens (including phenoxy) is 1. The number of esters is 1. The molecule has 0 saturated heterocycles. The van der Waals surface area contributed by atoms with Crippen molar-refractivity contribution in [3.8, 4) is 0 Å². The molecule has 0 aromatic rings. The topological polar surface area (TPSA) is 93.0 Å². The number of nitrogens with zero attached hydrogens (tertiary/aromatic N) is 1. The molecule has 0 aliphatic heterocycles. The third kappa shape index (κ3) is 13.8. The highest BCUT2D eigenvalue weighted by Gasteiger charge is 2.03. The van der Waals surface area contributed by atoms with Gasteiger partial charge in [-0.15, -0.1) is 0 Å². The lowest BCUT2D eigenvalue weighted by atomic mass is 10.4. The zero-order chi connectivity index (χ0) is 13.8. The first-order valence-electron chi connectivity index (χ1n) is 4.60. The van der Waals surface area contributed by atoms with Crippen LogP contribution in [0.1, 0.15) is 13.8 Å². The fraction of sp³-hybridized carbons (Fsp3) is 0.364. The number of aliphatic imine (C=N–C) groups is 1. The van der Waals surface area contributed by atoms with Gasteiger partial charge in [0.1, 0.15) is 6.10 Å². The summed E-state index contributed by atoms with van der Waals surface area (Å²) in [5.41, 5.74) is 0.176. The molecule has 1 atom stereocenters. The third-order valence-electron chi connectivity index (χ3n) is 1.26. The molecule has 6 heteroatoms. The zero-order valence-electron chi connectivity index (χ0n) is 9.80. The lowest BCUT2D eigenvalue weighted by Crippen LogP contribution is -2.15. The Kier molecular flexibility index (Phi) is 10.4. The molecule has 0 bridgehead atoms. The summed E-state index contributed by atoms with van der Waals surface area (Å²) in [6, 6.07) is 0. The lowest BCUT2D eigenvalue weighted by molar-refractivity contribution is -0.141. The maximum absolute atomic E-state index is 10.5. The van der Waals surface area contributed by atoms with Crippen LogP contribution in [-0.2, 0) is 19.1 Å². The Labute approximate surface area is 99.3 Å². The summed E-state index contributed by atoms with van der Waals surface area (Å²) < 4.78 is 4.67. The van der Waals surface area contributed by atoms with E-state index >= 15 is 0 Å². The van der Waals surface area contributed by atoms with Crippen LogP contribution in [0.2, 0.25) is 0 Å². The molecule has 1 unspecified atom stereocenters. The van der Waals surface area contributed by atoms with Crippen molar-refractivity contribution in [2.24, 2.45) is 4.99 Å². The van der Waals surface area contributed by atoms with Crippen molar-refractivity contribution in [2.75, 3.05) is 6.54 Å². The maximum Gasteiger partial charge on any atom is 0.330 e. The van der Waals surface area contributed by atoms with Gasteiger partial charge in [0.15, 0.2) is 0 Å². The minimum Gasteiger partial charge on any atom is -0.478 e. The summed E-state index contributed by atoms with van der Waals surface area (Å²) >= 11 is 0. The van der Waals surface area contributed by atoms with Crippen LogP contribution in [0.25, 0.3) is 0 Å². The van der Waals surface area contributed by atoms with Crippen LogP contribution in [0, 0.1) is 0 Å². The molecule has 6 nitrogen and oxygen atoms in total. The Morgan fingerprint density at radius 2 is 2.06 bits per heavy atom. The summed E-state index contributed by atoms with van der Waals surface area (Å²) in [7, 11) is 0. The van der Waals surface area contributed by atoms with Gasteiger partial charge in [0.25, 0.3) is 0 Å². The second kappa shape index (κ2) is 10.3. The van der Waals surface area contributed by atoms with Gasteiger partial charge in [0.05, 0.1) is 6.54 Å². The van der Waals surface area contributed by atoms with Crippen molar-refractivity contribution in [3.63, 3.8) is 0 Å². The number of carboxylic acid groups (broad SMARTS) is 1. The molecule has 0 aliphatic carbocycles. The molecule has 0 aromatic carbocycles. The van der Waals surface area contributed by atoms with Crippen LogP contribution in [0.4, 0.5) is 0 Å². The fourth-order valence-corrected chi connectivity index (χ4v) is 0.449. The Balaban J connectivity index is 0. The van der Waals surface area contributed by atoms with E-state index in [4.69, 9.17) is 5.11 Å². The molecule has 0 aliphatic rings. The van der Waals surface area contributed by atoms with Gasteiger partial charge in [-0.25, -0.2) is 19.4 Å². The van der Waals surface area contributed by atoms with Crippen LogP contribution < -0.4 is 0 Å². The Morgan fingerprint density at radius 3 is 2.35 bits per heavy atom. The Bertz CT molecular complexity index is 330. The smallest absolute Gasteiger partial charge is 0.330 e. The summed E-state index contributed by atoms with van der Waals surface area (Å²) in [5.74, 6) is -1.45. The van der Waals surface area contributed by atoms with E-state index in [0.717, 1.165) is 6.08 Å². The SMILES string of the molecule is C=C(C)C(=O)O.C=CC(=O)OC(C)CN=C=O. The molecule has 0 radical (unpaired) electrons. The highest BCUT2D eigenvalue weighted by Crippen LogP contribution is 1.91. The molecule has 0 amide bonds. The standard InChI is InChI=1S/C7H9NO3.C4H6O2/c1-3-7(10)11-6(2)4-8-5-9;1-3(2)4(5)6/h3,6H,1,4H2,2H3;1H2,2H3,(H,5,6). The van der Waals surface area contributed by atoms with E-state index in [0.29, 0.717) is 0 Å². The van der Waals surface area contributed by atoms with Crippen molar-refractivity contribution >= 4 is 18.0 Å². The van der Waals surface area contributed by atoms with E-state index in [2.05, 4.69) is 22.9 Å².